The summed E-state index contributed by atoms with van der Waals surface area (Å²) in [6, 6.07) is 0. The number of hydrogen-bond donors (Lipinski definition) is 3. The Morgan fingerprint density at radius 2 is 2.05 bits per heavy atom. The van der Waals surface area contributed by atoms with Gasteiger partial charge >= 0.3 is 11.9 Å². The number of rotatable bonds is 9. The van der Waals surface area contributed by atoms with Crippen LogP contribution in [0.25, 0.3) is 0 Å². The van der Waals surface area contributed by atoms with Crippen molar-refractivity contribution >= 4 is 40.5 Å². The number of ether oxygens (including phenoxy) is 1. The van der Waals surface area contributed by atoms with Crippen molar-refractivity contribution in [1.29, 1.82) is 0 Å². The second-order valence-electron chi connectivity index (χ2n) is 4.74. The Balaban J connectivity index is 2.64. The van der Waals surface area contributed by atoms with E-state index in [2.05, 4.69) is 0 Å². The number of carboxylic acids is 2. The molecule has 0 bridgehead atoms. The van der Waals surface area contributed by atoms with E-state index >= 15 is 0 Å². The fourth-order valence-electron chi connectivity index (χ4n) is 1.93. The molecule has 10 heteroatoms. The summed E-state index contributed by atoms with van der Waals surface area (Å²) in [5.41, 5.74) is -3.56. The van der Waals surface area contributed by atoms with E-state index in [9.17, 15) is 18.7 Å². The molecule has 1 aliphatic rings. The zero-order valence-electron chi connectivity index (χ0n) is 11.3. The highest BCUT2D eigenvalue weighted by Gasteiger charge is 2.35. The molecule has 3 unspecified atom stereocenters. The van der Waals surface area contributed by atoms with Gasteiger partial charge in [-0.05, 0) is 25.7 Å². The van der Waals surface area contributed by atoms with Gasteiger partial charge in [-0.2, -0.15) is 0 Å². The maximum atomic E-state index is 12.6. The molecule has 1 saturated heterocycles. The number of aliphatic carboxylic acids is 2. The molecule has 0 aromatic carbocycles. The van der Waals surface area contributed by atoms with E-state index in [1.165, 1.54) is 0 Å². The summed E-state index contributed by atoms with van der Waals surface area (Å²) in [4.78, 5) is 21.7. The van der Waals surface area contributed by atoms with Gasteiger partial charge in [0.1, 0.15) is 5.44 Å². The standard InChI is InChI=1S/C11H19O7PS2/c12-9(13)5-4-8(11(14)15)7-19(16,21-17)20-10-3-1-2-6-18-10/h8,10,17H,1-7H2,(H,12,13)(H,14,15). The first-order valence-corrected chi connectivity index (χ1v) is 11.3. The van der Waals surface area contributed by atoms with Crippen LogP contribution in [-0.2, 0) is 18.9 Å². The third kappa shape index (κ3) is 7.06. The molecule has 21 heavy (non-hydrogen) atoms. The summed E-state index contributed by atoms with van der Waals surface area (Å²) in [7, 11) is 0. The second kappa shape index (κ2) is 9.05. The molecule has 0 saturated carbocycles. The Kier molecular flexibility index (Phi) is 8.12. The van der Waals surface area contributed by atoms with Crippen molar-refractivity contribution in [3.05, 3.63) is 0 Å². The molecule has 0 amide bonds. The van der Waals surface area contributed by atoms with Gasteiger partial charge in [0.15, 0.2) is 0 Å². The van der Waals surface area contributed by atoms with E-state index < -0.39 is 23.4 Å². The summed E-state index contributed by atoms with van der Waals surface area (Å²) in [5.74, 6) is -3.35. The van der Waals surface area contributed by atoms with E-state index in [1.54, 1.807) is 0 Å². The summed E-state index contributed by atoms with van der Waals surface area (Å²) in [5, 5.41) is 17.7. The van der Waals surface area contributed by atoms with Gasteiger partial charge in [-0.25, -0.2) is 0 Å². The summed E-state index contributed by atoms with van der Waals surface area (Å²) in [6.45, 7) is 0.565. The van der Waals surface area contributed by atoms with E-state index in [1.807, 2.05) is 0 Å². The van der Waals surface area contributed by atoms with Crippen molar-refractivity contribution in [3.63, 3.8) is 0 Å². The summed E-state index contributed by atoms with van der Waals surface area (Å²) in [6.07, 6.45) is 1.92. The van der Waals surface area contributed by atoms with Crippen LogP contribution in [0.15, 0.2) is 0 Å². The largest absolute Gasteiger partial charge is 0.481 e. The van der Waals surface area contributed by atoms with Crippen LogP contribution in [0.2, 0.25) is 0 Å². The van der Waals surface area contributed by atoms with Gasteiger partial charge in [0, 0.05) is 19.2 Å². The molecule has 0 aliphatic carbocycles. The fourth-order valence-corrected chi connectivity index (χ4v) is 8.22. The molecule has 1 fully saturated rings. The highest BCUT2D eigenvalue weighted by atomic mass is 33.1. The lowest BCUT2D eigenvalue weighted by Gasteiger charge is -2.26. The summed E-state index contributed by atoms with van der Waals surface area (Å²) >= 11 is 1.16. The van der Waals surface area contributed by atoms with E-state index in [-0.39, 0.29) is 36.1 Å². The Morgan fingerprint density at radius 3 is 2.52 bits per heavy atom. The predicted octanol–water partition coefficient (Wildman–Crippen LogP) is 3.21. The van der Waals surface area contributed by atoms with Crippen LogP contribution in [0.4, 0.5) is 0 Å². The third-order valence-electron chi connectivity index (χ3n) is 3.04. The minimum Gasteiger partial charge on any atom is -0.481 e. The minimum atomic E-state index is -3.25. The molecule has 0 aromatic heterocycles. The Bertz CT molecular complexity index is 411. The van der Waals surface area contributed by atoms with Crippen LogP contribution in [0.1, 0.15) is 32.1 Å². The van der Waals surface area contributed by atoms with Crippen LogP contribution in [0, 0.1) is 5.92 Å². The molecule has 122 valence electrons. The molecular formula is C11H19O7PS2. The number of carboxylic acid groups (broad SMARTS) is 2. The molecule has 1 aliphatic heterocycles. The molecule has 7 nitrogen and oxygen atoms in total. The van der Waals surface area contributed by atoms with Crippen molar-refractivity contribution < 1.29 is 33.7 Å². The van der Waals surface area contributed by atoms with Crippen LogP contribution in [-0.4, -0.2) is 44.9 Å². The Morgan fingerprint density at radius 1 is 1.33 bits per heavy atom. The van der Waals surface area contributed by atoms with Crippen molar-refractivity contribution in [1.82, 2.24) is 0 Å². The minimum absolute atomic E-state index is 0.110. The van der Waals surface area contributed by atoms with Crippen LogP contribution >= 0.6 is 28.6 Å². The zero-order chi connectivity index (χ0) is 15.9. The first kappa shape index (κ1) is 18.8. The molecule has 3 atom stereocenters. The number of hydrogen-bond acceptors (Lipinski definition) is 7. The van der Waals surface area contributed by atoms with Crippen molar-refractivity contribution in [3.8, 4) is 0 Å². The highest BCUT2D eigenvalue weighted by Crippen LogP contribution is 2.70. The van der Waals surface area contributed by atoms with E-state index in [0.29, 0.717) is 13.0 Å². The topological polar surface area (TPSA) is 121 Å². The van der Waals surface area contributed by atoms with Gasteiger partial charge in [-0.1, -0.05) is 11.4 Å². The van der Waals surface area contributed by atoms with Crippen molar-refractivity contribution in [2.24, 2.45) is 5.92 Å². The smallest absolute Gasteiger partial charge is 0.307 e. The van der Waals surface area contributed by atoms with Gasteiger partial charge in [-0.3, -0.25) is 14.2 Å². The lowest BCUT2D eigenvalue weighted by molar-refractivity contribution is -0.142. The lowest BCUT2D eigenvalue weighted by atomic mass is 10.1. The maximum absolute atomic E-state index is 12.6. The van der Waals surface area contributed by atoms with Gasteiger partial charge < -0.3 is 19.5 Å². The van der Waals surface area contributed by atoms with Gasteiger partial charge in [0.2, 0.25) is 5.55 Å². The molecule has 3 N–H and O–H groups in total. The monoisotopic (exact) mass is 358 g/mol. The fraction of sp³-hybridized carbons (Fsp3) is 0.818. The molecule has 0 aromatic rings. The zero-order valence-corrected chi connectivity index (χ0v) is 13.9. The molecular weight excluding hydrogens is 339 g/mol. The predicted molar refractivity (Wildman–Crippen MR) is 81.9 cm³/mol. The first-order valence-electron chi connectivity index (χ1n) is 6.53. The molecule has 1 rings (SSSR count). The quantitative estimate of drug-likeness (QED) is 0.421. The van der Waals surface area contributed by atoms with E-state index in [0.717, 1.165) is 24.2 Å². The Hall–Kier alpha value is -0.210. The van der Waals surface area contributed by atoms with Gasteiger partial charge in [0.25, 0.3) is 0 Å². The average molecular weight is 358 g/mol. The SMILES string of the molecule is O=C(O)CCC(CP(=O)(SO)SC1CCCCO1)C(=O)O. The number of carbonyl (C=O) groups is 2. The lowest BCUT2D eigenvalue weighted by Crippen LogP contribution is -2.20. The van der Waals surface area contributed by atoms with Gasteiger partial charge in [0.05, 0.1) is 17.6 Å². The van der Waals surface area contributed by atoms with Crippen molar-refractivity contribution in [2.75, 3.05) is 12.8 Å². The van der Waals surface area contributed by atoms with Crippen LogP contribution < -0.4 is 0 Å². The average Bonchev–Trinajstić information content (AvgIpc) is 2.44. The summed E-state index contributed by atoms with van der Waals surface area (Å²) < 4.78 is 27.3. The molecule has 0 spiro atoms. The highest BCUT2D eigenvalue weighted by molar-refractivity contribution is 8.89. The van der Waals surface area contributed by atoms with E-state index in [4.69, 9.17) is 14.9 Å². The normalized spacial score (nSPS) is 23.2. The molecule has 1 heterocycles. The van der Waals surface area contributed by atoms with Gasteiger partial charge in [-0.15, -0.1) is 0 Å². The van der Waals surface area contributed by atoms with Crippen LogP contribution in [0.5, 0.6) is 0 Å². The van der Waals surface area contributed by atoms with Crippen molar-refractivity contribution in [2.45, 2.75) is 37.5 Å². The Labute approximate surface area is 130 Å². The molecule has 0 radical (unpaired) electrons. The first-order chi connectivity index (χ1) is 9.86. The maximum Gasteiger partial charge on any atom is 0.307 e. The third-order valence-corrected chi connectivity index (χ3v) is 9.79. The second-order valence-corrected chi connectivity index (χ2v) is 12.6. The van der Waals surface area contributed by atoms with Crippen LogP contribution in [0.3, 0.4) is 0 Å².